The average molecular weight is 427 g/mol. The van der Waals surface area contributed by atoms with Crippen LogP contribution in [0, 0.1) is 0 Å². The zero-order valence-corrected chi connectivity index (χ0v) is 18.4. The second-order valence-corrected chi connectivity index (χ2v) is 7.10. The van der Waals surface area contributed by atoms with Crippen molar-refractivity contribution in [1.82, 2.24) is 5.32 Å². The standard InChI is InChI=1S/C24H30N2O5/c1-4-29-20-14-18(15-21(30-5-2)23(20)31-6-3)24(28)25-16-17-9-11-19(12-10-17)26-13-7-8-22(26)27/h9-12,14-15H,4-8,13,16H2,1-3H3,(H,25,28). The third-order valence-electron chi connectivity index (χ3n) is 4.95. The van der Waals surface area contributed by atoms with Crippen molar-refractivity contribution in [1.29, 1.82) is 0 Å². The number of benzene rings is 2. The van der Waals surface area contributed by atoms with Crippen LogP contribution >= 0.6 is 0 Å². The van der Waals surface area contributed by atoms with E-state index in [4.69, 9.17) is 14.2 Å². The number of rotatable bonds is 10. The lowest BCUT2D eigenvalue weighted by Crippen LogP contribution is -2.24. The van der Waals surface area contributed by atoms with Gasteiger partial charge in [-0.25, -0.2) is 0 Å². The number of anilines is 1. The van der Waals surface area contributed by atoms with Crippen LogP contribution in [0.3, 0.4) is 0 Å². The van der Waals surface area contributed by atoms with Gasteiger partial charge in [-0.2, -0.15) is 0 Å². The van der Waals surface area contributed by atoms with Gasteiger partial charge in [0.25, 0.3) is 5.91 Å². The number of nitrogens with one attached hydrogen (secondary N) is 1. The van der Waals surface area contributed by atoms with Gasteiger partial charge >= 0.3 is 0 Å². The number of ether oxygens (including phenoxy) is 3. The van der Waals surface area contributed by atoms with Gasteiger partial charge in [-0.05, 0) is 57.0 Å². The zero-order chi connectivity index (χ0) is 22.2. The molecule has 2 aromatic carbocycles. The molecule has 0 unspecified atom stereocenters. The van der Waals surface area contributed by atoms with Crippen LogP contribution in [0.5, 0.6) is 17.2 Å². The summed E-state index contributed by atoms with van der Waals surface area (Å²) in [6, 6.07) is 11.0. The Morgan fingerprint density at radius 1 is 0.968 bits per heavy atom. The van der Waals surface area contributed by atoms with Crippen LogP contribution in [0.1, 0.15) is 49.5 Å². The first-order valence-corrected chi connectivity index (χ1v) is 10.8. The Hall–Kier alpha value is -3.22. The molecule has 0 aliphatic carbocycles. The molecule has 2 aromatic rings. The Morgan fingerprint density at radius 3 is 2.10 bits per heavy atom. The summed E-state index contributed by atoms with van der Waals surface area (Å²) < 4.78 is 17.1. The van der Waals surface area contributed by atoms with Crippen molar-refractivity contribution in [3.63, 3.8) is 0 Å². The van der Waals surface area contributed by atoms with Gasteiger partial charge in [0.05, 0.1) is 19.8 Å². The number of nitrogens with zero attached hydrogens (tertiary/aromatic N) is 1. The molecule has 0 aromatic heterocycles. The second kappa shape index (κ2) is 10.7. The van der Waals surface area contributed by atoms with Gasteiger partial charge < -0.3 is 24.4 Å². The van der Waals surface area contributed by atoms with Gasteiger partial charge in [0.15, 0.2) is 11.5 Å². The minimum Gasteiger partial charge on any atom is -0.490 e. The summed E-state index contributed by atoms with van der Waals surface area (Å²) in [5, 5.41) is 2.93. The van der Waals surface area contributed by atoms with E-state index in [1.54, 1.807) is 17.0 Å². The molecule has 1 aliphatic heterocycles. The van der Waals surface area contributed by atoms with E-state index in [9.17, 15) is 9.59 Å². The van der Waals surface area contributed by atoms with E-state index in [0.29, 0.717) is 55.6 Å². The Bertz CT molecular complexity index is 884. The van der Waals surface area contributed by atoms with E-state index in [0.717, 1.165) is 24.2 Å². The molecule has 0 bridgehead atoms. The maximum absolute atomic E-state index is 12.8. The van der Waals surface area contributed by atoms with E-state index in [1.807, 2.05) is 45.0 Å². The third-order valence-corrected chi connectivity index (χ3v) is 4.95. The second-order valence-electron chi connectivity index (χ2n) is 7.10. The molecule has 3 rings (SSSR count). The lowest BCUT2D eigenvalue weighted by atomic mass is 10.1. The van der Waals surface area contributed by atoms with Gasteiger partial charge in [-0.3, -0.25) is 9.59 Å². The summed E-state index contributed by atoms with van der Waals surface area (Å²) in [6.45, 7) is 8.13. The lowest BCUT2D eigenvalue weighted by Gasteiger charge is -2.17. The molecule has 0 radical (unpaired) electrons. The molecule has 166 valence electrons. The summed E-state index contributed by atoms with van der Waals surface area (Å²) >= 11 is 0. The molecule has 1 saturated heterocycles. The first-order valence-electron chi connectivity index (χ1n) is 10.8. The van der Waals surface area contributed by atoms with Crippen LogP contribution in [0.25, 0.3) is 0 Å². The molecule has 2 amide bonds. The molecule has 1 heterocycles. The van der Waals surface area contributed by atoms with Gasteiger partial charge in [0.1, 0.15) is 0 Å². The highest BCUT2D eigenvalue weighted by Crippen LogP contribution is 2.39. The number of hydrogen-bond donors (Lipinski definition) is 1. The van der Waals surface area contributed by atoms with Crippen molar-refractivity contribution in [3.05, 3.63) is 47.5 Å². The Balaban J connectivity index is 1.71. The minimum absolute atomic E-state index is 0.159. The maximum Gasteiger partial charge on any atom is 0.251 e. The highest BCUT2D eigenvalue weighted by Gasteiger charge is 2.21. The molecule has 7 heteroatoms. The molecule has 7 nitrogen and oxygen atoms in total. The summed E-state index contributed by atoms with van der Waals surface area (Å²) in [5.41, 5.74) is 2.28. The van der Waals surface area contributed by atoms with Gasteiger partial charge in [0.2, 0.25) is 11.7 Å². The highest BCUT2D eigenvalue weighted by molar-refractivity contribution is 5.96. The summed E-state index contributed by atoms with van der Waals surface area (Å²) in [7, 11) is 0. The van der Waals surface area contributed by atoms with E-state index >= 15 is 0 Å². The lowest BCUT2D eigenvalue weighted by molar-refractivity contribution is -0.117. The molecular weight excluding hydrogens is 396 g/mol. The van der Waals surface area contributed by atoms with E-state index in [1.165, 1.54) is 0 Å². The Morgan fingerprint density at radius 2 is 1.58 bits per heavy atom. The summed E-state index contributed by atoms with van der Waals surface area (Å²) in [5.74, 6) is 1.41. The Labute approximate surface area is 183 Å². The smallest absolute Gasteiger partial charge is 0.251 e. The molecule has 1 fully saturated rings. The molecule has 1 aliphatic rings. The number of amides is 2. The van der Waals surface area contributed by atoms with Crippen molar-refractivity contribution < 1.29 is 23.8 Å². The average Bonchev–Trinajstić information content (AvgIpc) is 3.20. The fourth-order valence-electron chi connectivity index (χ4n) is 3.52. The minimum atomic E-state index is -0.233. The van der Waals surface area contributed by atoms with Crippen molar-refractivity contribution >= 4 is 17.5 Å². The molecule has 0 atom stereocenters. The molecule has 0 spiro atoms. The number of carbonyl (C=O) groups is 2. The topological polar surface area (TPSA) is 77.1 Å². The fraction of sp³-hybridized carbons (Fsp3) is 0.417. The monoisotopic (exact) mass is 426 g/mol. The van der Waals surface area contributed by atoms with E-state index in [2.05, 4.69) is 5.32 Å². The maximum atomic E-state index is 12.8. The SMILES string of the molecule is CCOc1cc(C(=O)NCc2ccc(N3CCCC3=O)cc2)cc(OCC)c1OCC. The van der Waals surface area contributed by atoms with Gasteiger partial charge in [-0.1, -0.05) is 12.1 Å². The van der Waals surface area contributed by atoms with Crippen LogP contribution in [-0.2, 0) is 11.3 Å². The van der Waals surface area contributed by atoms with Crippen molar-refractivity contribution in [2.45, 2.75) is 40.2 Å². The molecule has 1 N–H and O–H groups in total. The van der Waals surface area contributed by atoms with Crippen LogP contribution in [0.4, 0.5) is 5.69 Å². The number of carbonyl (C=O) groups excluding carboxylic acids is 2. The zero-order valence-electron chi connectivity index (χ0n) is 18.4. The van der Waals surface area contributed by atoms with Crippen LogP contribution in [0.15, 0.2) is 36.4 Å². The van der Waals surface area contributed by atoms with Crippen molar-refractivity contribution in [2.75, 3.05) is 31.3 Å². The summed E-state index contributed by atoms with van der Waals surface area (Å²) in [6.07, 6.45) is 1.50. The highest BCUT2D eigenvalue weighted by atomic mass is 16.5. The largest absolute Gasteiger partial charge is 0.490 e. The normalized spacial score (nSPS) is 13.3. The predicted octanol–water partition coefficient (Wildman–Crippen LogP) is 3.94. The predicted molar refractivity (Wildman–Crippen MR) is 119 cm³/mol. The van der Waals surface area contributed by atoms with Crippen molar-refractivity contribution in [3.8, 4) is 17.2 Å². The van der Waals surface area contributed by atoms with E-state index in [-0.39, 0.29) is 11.8 Å². The van der Waals surface area contributed by atoms with Crippen LogP contribution < -0.4 is 24.4 Å². The first kappa shape index (κ1) is 22.5. The summed E-state index contributed by atoms with van der Waals surface area (Å²) in [4.78, 5) is 26.5. The number of hydrogen-bond acceptors (Lipinski definition) is 5. The van der Waals surface area contributed by atoms with E-state index < -0.39 is 0 Å². The van der Waals surface area contributed by atoms with Crippen LogP contribution in [-0.4, -0.2) is 38.2 Å². The Kier molecular flexibility index (Phi) is 7.76. The quantitative estimate of drug-likeness (QED) is 0.623. The van der Waals surface area contributed by atoms with Crippen molar-refractivity contribution in [2.24, 2.45) is 0 Å². The van der Waals surface area contributed by atoms with Gasteiger partial charge in [-0.15, -0.1) is 0 Å². The van der Waals surface area contributed by atoms with Crippen LogP contribution in [0.2, 0.25) is 0 Å². The third kappa shape index (κ3) is 5.48. The molecule has 31 heavy (non-hydrogen) atoms. The molecular formula is C24H30N2O5. The first-order chi connectivity index (χ1) is 15.1. The van der Waals surface area contributed by atoms with Gasteiger partial charge in [0, 0.05) is 30.8 Å². The fourth-order valence-corrected chi connectivity index (χ4v) is 3.52. The molecule has 0 saturated carbocycles.